The summed E-state index contributed by atoms with van der Waals surface area (Å²) in [5.74, 6) is 2.25. The number of carbonyl (C=O) groups excluding carboxylic acids is 1. The highest BCUT2D eigenvalue weighted by Crippen LogP contribution is 2.33. The average Bonchev–Trinajstić information content (AvgIpc) is 3.10. The van der Waals surface area contributed by atoms with Crippen LogP contribution in [0.3, 0.4) is 0 Å². The monoisotopic (exact) mass is 376 g/mol. The third-order valence-electron chi connectivity index (χ3n) is 4.96. The second-order valence-electron chi connectivity index (χ2n) is 7.51. The van der Waals surface area contributed by atoms with Crippen LogP contribution in [0.2, 0.25) is 0 Å². The molecule has 0 radical (unpaired) electrons. The van der Waals surface area contributed by atoms with E-state index in [2.05, 4.69) is 23.8 Å². The van der Waals surface area contributed by atoms with Crippen LogP contribution in [0, 0.1) is 19.8 Å². The SMILES string of the molecule is Cc1cc(C(=O)N2CCn3nc(-c4ccccc4)nc3[C@@H]2C(C)C)nc(C)n1. The Morgan fingerprint density at radius 2 is 1.82 bits per heavy atom. The van der Waals surface area contributed by atoms with E-state index in [1.807, 2.05) is 53.8 Å². The summed E-state index contributed by atoms with van der Waals surface area (Å²) in [5, 5.41) is 4.69. The van der Waals surface area contributed by atoms with Crippen LogP contribution in [0.5, 0.6) is 0 Å². The van der Waals surface area contributed by atoms with Crippen molar-refractivity contribution in [2.45, 2.75) is 40.3 Å². The molecule has 3 heterocycles. The van der Waals surface area contributed by atoms with Gasteiger partial charge in [0, 0.05) is 17.8 Å². The maximum absolute atomic E-state index is 13.3. The number of benzene rings is 1. The van der Waals surface area contributed by atoms with Crippen LogP contribution in [-0.2, 0) is 6.54 Å². The lowest BCUT2D eigenvalue weighted by Crippen LogP contribution is -2.45. The van der Waals surface area contributed by atoms with Crippen LogP contribution in [-0.4, -0.2) is 42.1 Å². The van der Waals surface area contributed by atoms with Crippen molar-refractivity contribution in [2.24, 2.45) is 5.92 Å². The van der Waals surface area contributed by atoms with Gasteiger partial charge in [-0.15, -0.1) is 0 Å². The highest BCUT2D eigenvalue weighted by Gasteiger charge is 2.36. The molecule has 0 bridgehead atoms. The van der Waals surface area contributed by atoms with E-state index in [4.69, 9.17) is 10.1 Å². The lowest BCUT2D eigenvalue weighted by Gasteiger charge is -2.37. The van der Waals surface area contributed by atoms with Gasteiger partial charge in [-0.05, 0) is 25.8 Å². The van der Waals surface area contributed by atoms with E-state index in [1.54, 1.807) is 6.07 Å². The molecule has 1 aliphatic heterocycles. The molecule has 0 N–H and O–H groups in total. The second kappa shape index (κ2) is 7.14. The van der Waals surface area contributed by atoms with E-state index >= 15 is 0 Å². The summed E-state index contributed by atoms with van der Waals surface area (Å²) in [6, 6.07) is 11.5. The molecule has 7 nitrogen and oxygen atoms in total. The Labute approximate surface area is 164 Å². The fourth-order valence-electron chi connectivity index (χ4n) is 3.79. The molecule has 0 fully saturated rings. The van der Waals surface area contributed by atoms with Gasteiger partial charge in [0.1, 0.15) is 11.5 Å². The van der Waals surface area contributed by atoms with Gasteiger partial charge in [-0.1, -0.05) is 44.2 Å². The summed E-state index contributed by atoms with van der Waals surface area (Å²) in [7, 11) is 0. The fourth-order valence-corrected chi connectivity index (χ4v) is 3.79. The summed E-state index contributed by atoms with van der Waals surface area (Å²) in [6.45, 7) is 9.09. The van der Waals surface area contributed by atoms with Crippen molar-refractivity contribution in [3.8, 4) is 11.4 Å². The minimum absolute atomic E-state index is 0.0807. The predicted molar refractivity (Wildman–Crippen MR) is 106 cm³/mol. The minimum Gasteiger partial charge on any atom is -0.325 e. The van der Waals surface area contributed by atoms with Gasteiger partial charge in [-0.25, -0.2) is 19.6 Å². The van der Waals surface area contributed by atoms with Crippen LogP contribution in [0.1, 0.15) is 47.7 Å². The highest BCUT2D eigenvalue weighted by atomic mass is 16.2. The van der Waals surface area contributed by atoms with E-state index in [0.717, 1.165) is 17.1 Å². The fraction of sp³-hybridized carbons (Fsp3) is 0.381. The van der Waals surface area contributed by atoms with Gasteiger partial charge >= 0.3 is 0 Å². The molecule has 0 aliphatic carbocycles. The molecule has 1 aliphatic rings. The van der Waals surface area contributed by atoms with Gasteiger partial charge in [0.2, 0.25) is 0 Å². The first-order valence-corrected chi connectivity index (χ1v) is 9.57. The van der Waals surface area contributed by atoms with Crippen LogP contribution < -0.4 is 0 Å². The molecule has 7 heteroatoms. The number of amides is 1. The van der Waals surface area contributed by atoms with Gasteiger partial charge in [0.25, 0.3) is 5.91 Å². The third-order valence-corrected chi connectivity index (χ3v) is 4.96. The van der Waals surface area contributed by atoms with Crippen LogP contribution in [0.4, 0.5) is 0 Å². The zero-order chi connectivity index (χ0) is 19.8. The number of nitrogens with zero attached hydrogens (tertiary/aromatic N) is 6. The summed E-state index contributed by atoms with van der Waals surface area (Å²) < 4.78 is 1.94. The molecular formula is C21H24N6O. The van der Waals surface area contributed by atoms with Crippen molar-refractivity contribution in [2.75, 3.05) is 6.54 Å². The molecule has 4 rings (SSSR count). The Bertz CT molecular complexity index is 991. The van der Waals surface area contributed by atoms with Crippen molar-refractivity contribution in [3.63, 3.8) is 0 Å². The molecule has 0 spiro atoms. The molecule has 3 aromatic rings. The Morgan fingerprint density at radius 1 is 1.07 bits per heavy atom. The minimum atomic E-state index is -0.151. The maximum Gasteiger partial charge on any atom is 0.273 e. The maximum atomic E-state index is 13.3. The summed E-state index contributed by atoms with van der Waals surface area (Å²) >= 11 is 0. The van der Waals surface area contributed by atoms with Gasteiger partial charge in [-0.3, -0.25) is 4.79 Å². The van der Waals surface area contributed by atoms with Crippen LogP contribution >= 0.6 is 0 Å². The number of aromatic nitrogens is 5. The van der Waals surface area contributed by atoms with E-state index in [9.17, 15) is 4.79 Å². The molecule has 1 amide bonds. The van der Waals surface area contributed by atoms with E-state index in [0.29, 0.717) is 30.4 Å². The Kier molecular flexibility index (Phi) is 4.66. The third kappa shape index (κ3) is 3.28. The van der Waals surface area contributed by atoms with Crippen LogP contribution in [0.15, 0.2) is 36.4 Å². The Hall–Kier alpha value is -3.09. The Balaban J connectivity index is 1.72. The van der Waals surface area contributed by atoms with Crippen molar-refractivity contribution >= 4 is 5.91 Å². The van der Waals surface area contributed by atoms with Crippen molar-refractivity contribution < 1.29 is 4.79 Å². The molecule has 1 aromatic carbocycles. The zero-order valence-corrected chi connectivity index (χ0v) is 16.6. The standard InChI is InChI=1S/C21H24N6O/c1-13(2)18-20-24-19(16-8-6-5-7-9-16)25-27(20)11-10-26(18)21(28)17-12-14(3)22-15(4)23-17/h5-9,12-13,18H,10-11H2,1-4H3/t18-/m0/s1. The zero-order valence-electron chi connectivity index (χ0n) is 16.6. The smallest absolute Gasteiger partial charge is 0.273 e. The molecule has 144 valence electrons. The van der Waals surface area contributed by atoms with Crippen molar-refractivity contribution in [1.29, 1.82) is 0 Å². The normalized spacial score (nSPS) is 16.3. The predicted octanol–water partition coefficient (Wildman–Crippen LogP) is 3.21. The first-order valence-electron chi connectivity index (χ1n) is 9.57. The topological polar surface area (TPSA) is 76.8 Å². The highest BCUT2D eigenvalue weighted by molar-refractivity contribution is 5.92. The number of hydrogen-bond donors (Lipinski definition) is 0. The van der Waals surface area contributed by atoms with Crippen molar-refractivity contribution in [1.82, 2.24) is 29.6 Å². The lowest BCUT2D eigenvalue weighted by molar-refractivity contribution is 0.0530. The van der Waals surface area contributed by atoms with Gasteiger partial charge in [-0.2, -0.15) is 5.10 Å². The second-order valence-corrected chi connectivity index (χ2v) is 7.51. The van der Waals surface area contributed by atoms with E-state index in [1.165, 1.54) is 0 Å². The summed E-state index contributed by atoms with van der Waals surface area (Å²) in [6.07, 6.45) is 0. The summed E-state index contributed by atoms with van der Waals surface area (Å²) in [4.78, 5) is 28.6. The molecule has 0 saturated heterocycles. The first-order chi connectivity index (χ1) is 13.4. The molecule has 0 unspecified atom stereocenters. The largest absolute Gasteiger partial charge is 0.325 e. The quantitative estimate of drug-likeness (QED) is 0.701. The van der Waals surface area contributed by atoms with Crippen LogP contribution in [0.25, 0.3) is 11.4 Å². The van der Waals surface area contributed by atoms with Gasteiger partial charge < -0.3 is 4.90 Å². The Morgan fingerprint density at radius 3 is 2.50 bits per heavy atom. The molecule has 28 heavy (non-hydrogen) atoms. The number of aryl methyl sites for hydroxylation is 2. The lowest BCUT2D eigenvalue weighted by atomic mass is 9.99. The molecule has 2 aromatic heterocycles. The summed E-state index contributed by atoms with van der Waals surface area (Å²) in [5.41, 5.74) is 2.21. The average molecular weight is 376 g/mol. The first kappa shape index (κ1) is 18.3. The van der Waals surface area contributed by atoms with Gasteiger partial charge in [0.05, 0.1) is 12.6 Å². The van der Waals surface area contributed by atoms with E-state index in [-0.39, 0.29) is 17.9 Å². The number of carbonyl (C=O) groups is 1. The molecular weight excluding hydrogens is 352 g/mol. The number of hydrogen-bond acceptors (Lipinski definition) is 5. The van der Waals surface area contributed by atoms with Gasteiger partial charge in [0.15, 0.2) is 11.6 Å². The number of fused-ring (bicyclic) bond motifs is 1. The van der Waals surface area contributed by atoms with E-state index < -0.39 is 0 Å². The number of rotatable bonds is 3. The molecule has 1 atom stereocenters. The van der Waals surface area contributed by atoms with Crippen molar-refractivity contribution in [3.05, 3.63) is 59.4 Å². The molecule has 0 saturated carbocycles.